The van der Waals surface area contributed by atoms with E-state index in [0.29, 0.717) is 12.2 Å². The molecule has 0 saturated heterocycles. The van der Waals surface area contributed by atoms with Crippen LogP contribution in [0.25, 0.3) is 5.69 Å². The highest BCUT2D eigenvalue weighted by Gasteiger charge is 2.08. The van der Waals surface area contributed by atoms with Gasteiger partial charge in [0.1, 0.15) is 5.69 Å². The molecule has 0 aliphatic rings. The maximum Gasteiger partial charge on any atom is 0.204 e. The van der Waals surface area contributed by atoms with Crippen LogP contribution in [0.15, 0.2) is 35.1 Å². The fourth-order valence-corrected chi connectivity index (χ4v) is 1.99. The van der Waals surface area contributed by atoms with Crippen LogP contribution in [0.5, 0.6) is 0 Å². The van der Waals surface area contributed by atoms with Gasteiger partial charge in [-0.3, -0.25) is 4.79 Å². The molecule has 0 fully saturated rings. The first-order valence-corrected chi connectivity index (χ1v) is 6.50. The van der Waals surface area contributed by atoms with Gasteiger partial charge in [-0.05, 0) is 32.0 Å². The number of nitrogens with zero attached hydrogens (tertiary/aromatic N) is 2. The number of rotatable bonds is 4. The van der Waals surface area contributed by atoms with E-state index in [2.05, 4.69) is 10.4 Å². The summed E-state index contributed by atoms with van der Waals surface area (Å²) in [6.45, 7) is 7.27. The first-order chi connectivity index (χ1) is 9.13. The molecule has 100 valence electrons. The zero-order chi connectivity index (χ0) is 13.8. The largest absolute Gasteiger partial charge is 0.311 e. The van der Waals surface area contributed by atoms with Gasteiger partial charge < -0.3 is 5.32 Å². The predicted molar refractivity (Wildman–Crippen MR) is 76.7 cm³/mol. The van der Waals surface area contributed by atoms with Crippen LogP contribution in [-0.2, 0) is 6.54 Å². The lowest BCUT2D eigenvalue weighted by Crippen LogP contribution is -2.24. The maximum absolute atomic E-state index is 11.9. The topological polar surface area (TPSA) is 46.9 Å². The van der Waals surface area contributed by atoms with Crippen molar-refractivity contribution in [2.75, 3.05) is 6.54 Å². The van der Waals surface area contributed by atoms with E-state index in [1.54, 1.807) is 6.07 Å². The van der Waals surface area contributed by atoms with E-state index in [0.717, 1.165) is 23.5 Å². The zero-order valence-corrected chi connectivity index (χ0v) is 11.6. The number of hydrogen-bond acceptors (Lipinski definition) is 3. The van der Waals surface area contributed by atoms with Crippen LogP contribution in [0, 0.1) is 13.8 Å². The highest BCUT2D eigenvalue weighted by Crippen LogP contribution is 2.13. The second kappa shape index (κ2) is 5.80. The van der Waals surface area contributed by atoms with Crippen molar-refractivity contribution in [3.8, 4) is 5.69 Å². The fraction of sp³-hybridized carbons (Fsp3) is 0.333. The minimum atomic E-state index is -0.0108. The Balaban J connectivity index is 2.52. The molecule has 1 N–H and O–H groups in total. The molecule has 1 heterocycles. The molecule has 2 rings (SSSR count). The van der Waals surface area contributed by atoms with Gasteiger partial charge in [0, 0.05) is 18.3 Å². The fourth-order valence-electron chi connectivity index (χ4n) is 1.99. The van der Waals surface area contributed by atoms with Crippen LogP contribution >= 0.6 is 0 Å². The van der Waals surface area contributed by atoms with Crippen molar-refractivity contribution in [3.63, 3.8) is 0 Å². The van der Waals surface area contributed by atoms with E-state index < -0.39 is 0 Å². The lowest BCUT2D eigenvalue weighted by molar-refractivity contribution is 0.665. The summed E-state index contributed by atoms with van der Waals surface area (Å²) in [4.78, 5) is 11.9. The van der Waals surface area contributed by atoms with Crippen molar-refractivity contribution in [2.45, 2.75) is 27.3 Å². The predicted octanol–water partition coefficient (Wildman–Crippen LogP) is 1.96. The quantitative estimate of drug-likeness (QED) is 0.910. The normalized spacial score (nSPS) is 10.7. The van der Waals surface area contributed by atoms with Crippen LogP contribution in [0.1, 0.15) is 23.9 Å². The summed E-state index contributed by atoms with van der Waals surface area (Å²) in [6.07, 6.45) is 0. The Labute approximate surface area is 113 Å². The van der Waals surface area contributed by atoms with Gasteiger partial charge in [0.25, 0.3) is 0 Å². The van der Waals surface area contributed by atoms with E-state index in [-0.39, 0.29) is 5.43 Å². The smallest absolute Gasteiger partial charge is 0.204 e. The lowest BCUT2D eigenvalue weighted by atomic mass is 10.2. The standard InChI is InChI=1S/C15H19N3O/c1-4-16-10-13-15(19)9-12(3)18(17-13)14-8-6-5-7-11(14)2/h5-9,16H,4,10H2,1-3H3. The van der Waals surface area contributed by atoms with Crippen LogP contribution in [0.4, 0.5) is 0 Å². The summed E-state index contributed by atoms with van der Waals surface area (Å²) in [5.41, 5.74) is 3.53. The van der Waals surface area contributed by atoms with Crippen molar-refractivity contribution >= 4 is 0 Å². The third-order valence-corrected chi connectivity index (χ3v) is 3.07. The number of nitrogens with one attached hydrogen (secondary N) is 1. The van der Waals surface area contributed by atoms with Crippen molar-refractivity contribution < 1.29 is 0 Å². The molecule has 1 aromatic heterocycles. The van der Waals surface area contributed by atoms with E-state index >= 15 is 0 Å². The second-order valence-electron chi connectivity index (χ2n) is 4.58. The van der Waals surface area contributed by atoms with Crippen molar-refractivity contribution in [3.05, 3.63) is 57.5 Å². The van der Waals surface area contributed by atoms with Gasteiger partial charge in [0.15, 0.2) is 0 Å². The lowest BCUT2D eigenvalue weighted by Gasteiger charge is -2.13. The average molecular weight is 257 g/mol. The maximum atomic E-state index is 11.9. The number of benzene rings is 1. The first kappa shape index (κ1) is 13.5. The molecule has 4 heteroatoms. The van der Waals surface area contributed by atoms with E-state index in [9.17, 15) is 4.79 Å². The van der Waals surface area contributed by atoms with Crippen LogP contribution < -0.4 is 10.7 Å². The molecule has 4 nitrogen and oxygen atoms in total. The molecule has 0 spiro atoms. The number of hydrogen-bond donors (Lipinski definition) is 1. The Hall–Kier alpha value is -1.94. The van der Waals surface area contributed by atoms with Gasteiger partial charge in [0.05, 0.1) is 5.69 Å². The summed E-state index contributed by atoms with van der Waals surface area (Å²) >= 11 is 0. The van der Waals surface area contributed by atoms with Crippen molar-refractivity contribution in [2.24, 2.45) is 0 Å². The molecule has 1 aromatic carbocycles. The van der Waals surface area contributed by atoms with Gasteiger partial charge in [-0.15, -0.1) is 0 Å². The molecule has 0 aliphatic carbocycles. The molecule has 0 amide bonds. The number of aromatic nitrogens is 2. The SMILES string of the molecule is CCNCc1nn(-c2ccccc2C)c(C)cc1=O. The minimum absolute atomic E-state index is 0.0108. The third-order valence-electron chi connectivity index (χ3n) is 3.07. The van der Waals surface area contributed by atoms with Gasteiger partial charge in [-0.1, -0.05) is 25.1 Å². The highest BCUT2D eigenvalue weighted by atomic mass is 16.1. The molecule has 2 aromatic rings. The molecule has 0 saturated carbocycles. The van der Waals surface area contributed by atoms with Gasteiger partial charge in [0.2, 0.25) is 5.43 Å². The minimum Gasteiger partial charge on any atom is -0.311 e. The Morgan fingerprint density at radius 2 is 2.00 bits per heavy atom. The Morgan fingerprint density at radius 3 is 2.68 bits per heavy atom. The van der Waals surface area contributed by atoms with Crippen molar-refractivity contribution in [1.29, 1.82) is 0 Å². The van der Waals surface area contributed by atoms with Crippen LogP contribution in [-0.4, -0.2) is 16.3 Å². The molecule has 0 unspecified atom stereocenters. The zero-order valence-electron chi connectivity index (χ0n) is 11.6. The van der Waals surface area contributed by atoms with Gasteiger partial charge in [-0.25, -0.2) is 4.68 Å². The molecule has 0 aliphatic heterocycles. The molecule has 0 bridgehead atoms. The average Bonchev–Trinajstić information content (AvgIpc) is 2.39. The highest BCUT2D eigenvalue weighted by molar-refractivity contribution is 5.40. The number of aryl methyl sites for hydroxylation is 2. The van der Waals surface area contributed by atoms with Crippen LogP contribution in [0.2, 0.25) is 0 Å². The van der Waals surface area contributed by atoms with Gasteiger partial charge in [-0.2, -0.15) is 5.10 Å². The van der Waals surface area contributed by atoms with Crippen LogP contribution in [0.3, 0.4) is 0 Å². The monoisotopic (exact) mass is 257 g/mol. The molecule has 0 radical (unpaired) electrons. The summed E-state index contributed by atoms with van der Waals surface area (Å²) in [7, 11) is 0. The summed E-state index contributed by atoms with van der Waals surface area (Å²) in [5.74, 6) is 0. The Morgan fingerprint density at radius 1 is 1.26 bits per heavy atom. The van der Waals surface area contributed by atoms with Crippen molar-refractivity contribution in [1.82, 2.24) is 15.1 Å². The Bertz CT molecular complexity index is 632. The van der Waals surface area contributed by atoms with E-state index in [1.807, 2.05) is 49.7 Å². The van der Waals surface area contributed by atoms with E-state index in [1.165, 1.54) is 0 Å². The summed E-state index contributed by atoms with van der Waals surface area (Å²) < 4.78 is 1.84. The van der Waals surface area contributed by atoms with E-state index in [4.69, 9.17) is 0 Å². The van der Waals surface area contributed by atoms with Gasteiger partial charge >= 0.3 is 0 Å². The molecular formula is C15H19N3O. The molecule has 0 atom stereocenters. The second-order valence-corrected chi connectivity index (χ2v) is 4.58. The molecule has 19 heavy (non-hydrogen) atoms. The molecular weight excluding hydrogens is 238 g/mol. The first-order valence-electron chi connectivity index (χ1n) is 6.50. The summed E-state index contributed by atoms with van der Waals surface area (Å²) in [6, 6.07) is 9.67. The third kappa shape index (κ3) is 2.90. The summed E-state index contributed by atoms with van der Waals surface area (Å²) in [5, 5.41) is 7.62. The Kier molecular flexibility index (Phi) is 4.12. The number of para-hydroxylation sites is 1.